The van der Waals surface area contributed by atoms with E-state index in [0.717, 1.165) is 5.17 Å². The zero-order chi connectivity index (χ0) is 17.7. The number of carbonyl (C=O) groups is 1. The fourth-order valence-electron chi connectivity index (χ4n) is 2.27. The lowest BCUT2D eigenvalue weighted by Gasteiger charge is -2.12. The van der Waals surface area contributed by atoms with Crippen LogP contribution in [0, 0.1) is 0 Å². The van der Waals surface area contributed by atoms with E-state index >= 15 is 0 Å². The maximum atomic E-state index is 12.5. The molecule has 5 nitrogen and oxygen atoms in total. The lowest BCUT2D eigenvalue weighted by molar-refractivity contribution is -0.122. The molecule has 1 aliphatic rings. The number of hydrogen-bond donors (Lipinski definition) is 0. The average Bonchev–Trinajstić information content (AvgIpc) is 2.85. The van der Waals surface area contributed by atoms with Crippen LogP contribution in [0.25, 0.3) is 6.08 Å². The van der Waals surface area contributed by atoms with Crippen molar-refractivity contribution in [3.8, 4) is 11.5 Å². The number of benzene rings is 1. The number of thioether (sulfide) groups is 1. The van der Waals surface area contributed by atoms with Gasteiger partial charge in [-0.15, -0.1) is 0 Å². The van der Waals surface area contributed by atoms with Gasteiger partial charge in [0.25, 0.3) is 5.91 Å². The molecule has 0 aromatic heterocycles. The Bertz CT molecular complexity index is 689. The minimum absolute atomic E-state index is 0.0568. The summed E-state index contributed by atoms with van der Waals surface area (Å²) < 4.78 is 10.9. The summed E-state index contributed by atoms with van der Waals surface area (Å²) in [6.07, 6.45) is 1.77. The molecular weight excluding hydrogens is 348 g/mol. The topological polar surface area (TPSA) is 51.1 Å². The first-order valence-corrected chi connectivity index (χ1v) is 9.01. The molecule has 7 heteroatoms. The third-order valence-electron chi connectivity index (χ3n) is 3.37. The number of carbonyl (C=O) groups excluding carboxylic acids is 1. The van der Waals surface area contributed by atoms with E-state index in [1.165, 1.54) is 11.8 Å². The van der Waals surface area contributed by atoms with Gasteiger partial charge in [-0.2, -0.15) is 0 Å². The van der Waals surface area contributed by atoms with Gasteiger partial charge in [-0.25, -0.2) is 0 Å². The zero-order valence-electron chi connectivity index (χ0n) is 14.3. The van der Waals surface area contributed by atoms with Gasteiger partial charge in [-0.05, 0) is 50.2 Å². The van der Waals surface area contributed by atoms with Gasteiger partial charge < -0.3 is 9.47 Å². The van der Waals surface area contributed by atoms with Gasteiger partial charge >= 0.3 is 0 Å². The lowest BCUT2D eigenvalue weighted by Crippen LogP contribution is -2.28. The number of ether oxygens (including phenoxy) is 2. The Morgan fingerprint density at radius 2 is 2.04 bits per heavy atom. The van der Waals surface area contributed by atoms with Gasteiger partial charge in [0.15, 0.2) is 16.7 Å². The predicted molar refractivity (Wildman–Crippen MR) is 100 cm³/mol. The van der Waals surface area contributed by atoms with Crippen molar-refractivity contribution in [1.82, 2.24) is 4.90 Å². The molecule has 1 aromatic rings. The average molecular weight is 369 g/mol. The van der Waals surface area contributed by atoms with Gasteiger partial charge in [0.05, 0.1) is 23.6 Å². The number of rotatable bonds is 6. The third kappa shape index (κ3) is 3.87. The Hall–Kier alpha value is -1.66. The van der Waals surface area contributed by atoms with E-state index in [4.69, 9.17) is 21.1 Å². The highest BCUT2D eigenvalue weighted by molar-refractivity contribution is 8.18. The lowest BCUT2D eigenvalue weighted by atomic mass is 10.1. The molecule has 0 aliphatic carbocycles. The molecule has 1 aliphatic heterocycles. The minimum atomic E-state index is -0.0568. The first-order valence-electron chi connectivity index (χ1n) is 7.81. The second-order valence-corrected chi connectivity index (χ2v) is 6.29. The smallest absolute Gasteiger partial charge is 0.266 e. The van der Waals surface area contributed by atoms with Crippen LogP contribution in [0.4, 0.5) is 0 Å². The molecule has 0 spiro atoms. The summed E-state index contributed by atoms with van der Waals surface area (Å²) in [7, 11) is 1.57. The number of nitrogens with zero attached hydrogens (tertiary/aromatic N) is 2. The number of hydrogen-bond acceptors (Lipinski definition) is 5. The zero-order valence-corrected chi connectivity index (χ0v) is 15.8. The highest BCUT2D eigenvalue weighted by atomic mass is 35.5. The molecular formula is C17H21ClN2O3S. The van der Waals surface area contributed by atoms with E-state index in [1.54, 1.807) is 30.2 Å². The quantitative estimate of drug-likeness (QED) is 0.710. The van der Waals surface area contributed by atoms with E-state index in [1.807, 2.05) is 20.8 Å². The first-order chi connectivity index (χ1) is 11.5. The normalized spacial score (nSPS) is 17.9. The number of methoxy groups -OCH3 is 1. The minimum Gasteiger partial charge on any atom is -0.493 e. The molecule has 0 N–H and O–H groups in total. The van der Waals surface area contributed by atoms with E-state index < -0.39 is 0 Å². The van der Waals surface area contributed by atoms with Crippen molar-refractivity contribution < 1.29 is 14.3 Å². The van der Waals surface area contributed by atoms with E-state index in [-0.39, 0.29) is 5.91 Å². The van der Waals surface area contributed by atoms with Crippen LogP contribution in [-0.4, -0.2) is 42.8 Å². The van der Waals surface area contributed by atoms with Crippen LogP contribution in [-0.2, 0) is 4.79 Å². The third-order valence-corrected chi connectivity index (χ3v) is 4.74. The molecule has 0 saturated carbocycles. The number of amides is 1. The molecule has 0 bridgehead atoms. The fourth-order valence-corrected chi connectivity index (χ4v) is 3.57. The SMILES string of the molecule is CCN=C1S/C(=C/c2cc(OC)c(OCC)cc2Cl)C(=O)N1CC. The van der Waals surface area contributed by atoms with Gasteiger partial charge in [0.2, 0.25) is 0 Å². The van der Waals surface area contributed by atoms with Crippen LogP contribution in [0.1, 0.15) is 26.3 Å². The van der Waals surface area contributed by atoms with Crippen molar-refractivity contribution in [2.45, 2.75) is 20.8 Å². The Kier molecular flexibility index (Phi) is 6.57. The van der Waals surface area contributed by atoms with Crippen LogP contribution in [0.2, 0.25) is 5.02 Å². The largest absolute Gasteiger partial charge is 0.493 e. The summed E-state index contributed by atoms with van der Waals surface area (Å²) in [6.45, 7) is 7.51. The first kappa shape index (κ1) is 18.7. The fraction of sp³-hybridized carbons (Fsp3) is 0.412. The molecule has 0 radical (unpaired) electrons. The van der Waals surface area contributed by atoms with Gasteiger partial charge in [0.1, 0.15) is 0 Å². The predicted octanol–water partition coefficient (Wildman–Crippen LogP) is 4.06. The number of likely N-dealkylation sites (N-methyl/N-ethyl adjacent to an activating group) is 1. The molecule has 1 heterocycles. The van der Waals surface area contributed by atoms with E-state index in [0.29, 0.717) is 46.7 Å². The van der Waals surface area contributed by atoms with Gasteiger partial charge in [-0.1, -0.05) is 11.6 Å². The second kappa shape index (κ2) is 8.44. The standard InChI is InChI=1S/C17H21ClN2O3S/c1-5-19-17-20(6-2)16(21)15(24-17)9-11-8-13(22-4)14(23-7-3)10-12(11)18/h8-10H,5-7H2,1-4H3/b15-9+,19-17?. The maximum Gasteiger partial charge on any atom is 0.266 e. The molecule has 1 amide bonds. The molecule has 0 unspecified atom stereocenters. The summed E-state index contributed by atoms with van der Waals surface area (Å²) >= 11 is 7.71. The van der Waals surface area contributed by atoms with Crippen LogP contribution in [0.3, 0.4) is 0 Å². The highest BCUT2D eigenvalue weighted by Gasteiger charge is 2.32. The monoisotopic (exact) mass is 368 g/mol. The van der Waals surface area contributed by atoms with Crippen molar-refractivity contribution in [2.24, 2.45) is 4.99 Å². The van der Waals surface area contributed by atoms with Gasteiger partial charge in [0, 0.05) is 19.2 Å². The Morgan fingerprint density at radius 3 is 2.62 bits per heavy atom. The molecule has 2 rings (SSSR count). The number of halogens is 1. The van der Waals surface area contributed by atoms with Gasteiger partial charge in [-0.3, -0.25) is 14.7 Å². The summed E-state index contributed by atoms with van der Waals surface area (Å²) in [5.74, 6) is 1.11. The summed E-state index contributed by atoms with van der Waals surface area (Å²) in [6, 6.07) is 3.48. The van der Waals surface area contributed by atoms with Crippen molar-refractivity contribution in [2.75, 3.05) is 26.8 Å². The second-order valence-electron chi connectivity index (χ2n) is 4.87. The summed E-state index contributed by atoms with van der Waals surface area (Å²) in [4.78, 5) is 19.2. The Morgan fingerprint density at radius 1 is 1.29 bits per heavy atom. The van der Waals surface area contributed by atoms with Crippen LogP contribution in [0.15, 0.2) is 22.0 Å². The van der Waals surface area contributed by atoms with E-state index in [2.05, 4.69) is 4.99 Å². The van der Waals surface area contributed by atoms with E-state index in [9.17, 15) is 4.79 Å². The molecule has 0 atom stereocenters. The molecule has 1 saturated heterocycles. The van der Waals surface area contributed by atoms with Crippen LogP contribution >= 0.6 is 23.4 Å². The highest BCUT2D eigenvalue weighted by Crippen LogP contribution is 2.37. The van der Waals surface area contributed by atoms with Crippen molar-refractivity contribution in [3.05, 3.63) is 27.6 Å². The molecule has 130 valence electrons. The number of aliphatic imine (C=N–C) groups is 1. The molecule has 1 aromatic carbocycles. The maximum absolute atomic E-state index is 12.5. The molecule has 1 fully saturated rings. The van der Waals surface area contributed by atoms with Crippen LogP contribution < -0.4 is 9.47 Å². The van der Waals surface area contributed by atoms with Crippen molar-refractivity contribution in [1.29, 1.82) is 0 Å². The Balaban J connectivity index is 2.41. The van der Waals surface area contributed by atoms with Crippen molar-refractivity contribution in [3.63, 3.8) is 0 Å². The number of amidine groups is 1. The van der Waals surface area contributed by atoms with Crippen LogP contribution in [0.5, 0.6) is 11.5 Å². The summed E-state index contributed by atoms with van der Waals surface area (Å²) in [5.41, 5.74) is 0.710. The molecule has 24 heavy (non-hydrogen) atoms. The Labute approximate surface area is 151 Å². The van der Waals surface area contributed by atoms with Crippen molar-refractivity contribution >= 4 is 40.5 Å². The summed E-state index contributed by atoms with van der Waals surface area (Å²) in [5, 5.41) is 1.23.